The van der Waals surface area contributed by atoms with E-state index in [9.17, 15) is 4.79 Å². The summed E-state index contributed by atoms with van der Waals surface area (Å²) in [6.45, 7) is 0. The predicted molar refractivity (Wildman–Crippen MR) is 54.3 cm³/mol. The molecule has 2 rings (SSSR count). The Morgan fingerprint density at radius 2 is 2.14 bits per heavy atom. The van der Waals surface area contributed by atoms with Gasteiger partial charge in [0.25, 0.3) is 0 Å². The Hall–Kier alpha value is -1.79. The van der Waals surface area contributed by atoms with Crippen LogP contribution in [-0.2, 0) is 0 Å². The second-order valence-electron chi connectivity index (χ2n) is 2.85. The average Bonchev–Trinajstić information content (AvgIpc) is 2.16. The molecule has 68 valence electrons. The van der Waals surface area contributed by atoms with Crippen molar-refractivity contribution < 1.29 is 0 Å². The van der Waals surface area contributed by atoms with Crippen LogP contribution in [0.3, 0.4) is 0 Å². The number of hydrogen-bond donors (Lipinski definition) is 1. The predicted octanol–water partition coefficient (Wildman–Crippen LogP) is 2.05. The molecule has 14 heavy (non-hydrogen) atoms. The third-order valence-electron chi connectivity index (χ3n) is 1.91. The molecule has 0 spiro atoms. The van der Waals surface area contributed by atoms with Crippen LogP contribution in [0, 0.1) is 11.3 Å². The molecular formula is C10H5ClN2O. The maximum Gasteiger partial charge on any atom is 0.190 e. The quantitative estimate of drug-likeness (QED) is 0.714. The molecule has 0 fully saturated rings. The summed E-state index contributed by atoms with van der Waals surface area (Å²) in [5, 5.41) is 9.70. The lowest BCUT2D eigenvalue weighted by Gasteiger charge is -1.98. The maximum atomic E-state index is 11.5. The van der Waals surface area contributed by atoms with Crippen molar-refractivity contribution in [2.24, 2.45) is 0 Å². The number of halogens is 1. The van der Waals surface area contributed by atoms with Crippen molar-refractivity contribution in [2.75, 3.05) is 0 Å². The Bertz CT molecular complexity index is 595. The van der Waals surface area contributed by atoms with E-state index in [1.54, 1.807) is 18.2 Å². The van der Waals surface area contributed by atoms with Crippen molar-refractivity contribution in [1.29, 1.82) is 5.26 Å². The summed E-state index contributed by atoms with van der Waals surface area (Å²) in [7, 11) is 0. The molecular weight excluding hydrogens is 200 g/mol. The minimum atomic E-state index is -0.174. The van der Waals surface area contributed by atoms with Gasteiger partial charge in [-0.3, -0.25) is 4.79 Å². The van der Waals surface area contributed by atoms with E-state index in [4.69, 9.17) is 16.9 Å². The van der Waals surface area contributed by atoms with E-state index >= 15 is 0 Å². The first-order chi connectivity index (χ1) is 6.70. The fraction of sp³-hybridized carbons (Fsp3) is 0. The number of aromatic nitrogens is 1. The molecule has 0 radical (unpaired) electrons. The number of H-pyrrole nitrogens is 1. The van der Waals surface area contributed by atoms with Crippen molar-refractivity contribution >= 4 is 22.5 Å². The Morgan fingerprint density at radius 3 is 2.86 bits per heavy atom. The molecule has 1 aromatic heterocycles. The van der Waals surface area contributed by atoms with Gasteiger partial charge in [-0.15, -0.1) is 0 Å². The Balaban J connectivity index is 2.92. The number of nitrogens with one attached hydrogen (secondary N) is 1. The van der Waals surface area contributed by atoms with Crippen molar-refractivity contribution in [3.05, 3.63) is 45.2 Å². The van der Waals surface area contributed by atoms with E-state index in [0.29, 0.717) is 15.9 Å². The Labute approximate surface area is 84.6 Å². The van der Waals surface area contributed by atoms with Gasteiger partial charge in [-0.25, -0.2) is 0 Å². The third-order valence-corrected chi connectivity index (χ3v) is 2.15. The Morgan fingerprint density at radius 1 is 1.36 bits per heavy atom. The molecule has 0 atom stereocenters. The van der Waals surface area contributed by atoms with Crippen LogP contribution in [0.15, 0.2) is 29.1 Å². The number of aromatic amines is 1. The molecule has 0 aliphatic carbocycles. The second-order valence-corrected chi connectivity index (χ2v) is 3.29. The van der Waals surface area contributed by atoms with Crippen LogP contribution in [-0.4, -0.2) is 4.98 Å². The zero-order valence-corrected chi connectivity index (χ0v) is 7.80. The highest BCUT2D eigenvalue weighted by Crippen LogP contribution is 2.14. The van der Waals surface area contributed by atoms with Crippen molar-refractivity contribution in [1.82, 2.24) is 4.98 Å². The highest BCUT2D eigenvalue weighted by Gasteiger charge is 2.01. The normalized spacial score (nSPS) is 10.0. The van der Waals surface area contributed by atoms with Crippen LogP contribution in [0.4, 0.5) is 0 Å². The van der Waals surface area contributed by atoms with Gasteiger partial charge in [-0.1, -0.05) is 11.6 Å². The van der Waals surface area contributed by atoms with Crippen molar-refractivity contribution in [3.63, 3.8) is 0 Å². The largest absolute Gasteiger partial charge is 0.346 e. The van der Waals surface area contributed by atoms with Gasteiger partial charge >= 0.3 is 0 Å². The van der Waals surface area contributed by atoms with Gasteiger partial charge in [0.1, 0.15) is 11.8 Å². The summed E-state index contributed by atoms with van der Waals surface area (Å²) in [5.41, 5.74) is 0.651. The SMILES string of the molecule is N#Cc1cc(=O)c2ccc(Cl)cc2[nH]1. The molecule has 0 aliphatic rings. The summed E-state index contributed by atoms with van der Waals surface area (Å²) < 4.78 is 0. The number of nitrogens with zero attached hydrogens (tertiary/aromatic N) is 1. The molecule has 4 heteroatoms. The second kappa shape index (κ2) is 3.17. The first-order valence-corrected chi connectivity index (χ1v) is 4.31. The first-order valence-electron chi connectivity index (χ1n) is 3.93. The van der Waals surface area contributed by atoms with Gasteiger partial charge in [0.05, 0.1) is 5.52 Å². The first kappa shape index (κ1) is 8.79. The Kier molecular flexibility index (Phi) is 1.99. The van der Waals surface area contributed by atoms with E-state index in [1.807, 2.05) is 6.07 Å². The topological polar surface area (TPSA) is 56.6 Å². The fourth-order valence-electron chi connectivity index (χ4n) is 1.28. The van der Waals surface area contributed by atoms with E-state index in [0.717, 1.165) is 0 Å². The number of pyridine rings is 1. The maximum absolute atomic E-state index is 11.5. The van der Waals surface area contributed by atoms with E-state index in [2.05, 4.69) is 4.98 Å². The molecule has 2 aromatic rings. The van der Waals surface area contributed by atoms with E-state index < -0.39 is 0 Å². The van der Waals surface area contributed by atoms with E-state index in [-0.39, 0.29) is 11.1 Å². The summed E-state index contributed by atoms with van der Waals surface area (Å²) in [6.07, 6.45) is 0. The number of rotatable bonds is 0. The molecule has 0 saturated heterocycles. The highest BCUT2D eigenvalue weighted by atomic mass is 35.5. The lowest BCUT2D eigenvalue weighted by molar-refractivity contribution is 1.31. The summed E-state index contributed by atoms with van der Waals surface area (Å²) >= 11 is 5.76. The van der Waals surface area contributed by atoms with Gasteiger partial charge in [-0.05, 0) is 18.2 Å². The third kappa shape index (κ3) is 1.36. The van der Waals surface area contributed by atoms with Crippen LogP contribution in [0.1, 0.15) is 5.69 Å². The molecule has 0 bridgehead atoms. The number of hydrogen-bond acceptors (Lipinski definition) is 2. The van der Waals surface area contributed by atoms with E-state index in [1.165, 1.54) is 6.07 Å². The number of fused-ring (bicyclic) bond motifs is 1. The van der Waals surface area contributed by atoms with Gasteiger partial charge < -0.3 is 4.98 Å². The molecule has 1 heterocycles. The van der Waals surface area contributed by atoms with Crippen molar-refractivity contribution in [3.8, 4) is 6.07 Å². The minimum absolute atomic E-state index is 0.174. The molecule has 0 aliphatic heterocycles. The molecule has 1 N–H and O–H groups in total. The van der Waals surface area contributed by atoms with Gasteiger partial charge in [0, 0.05) is 16.5 Å². The van der Waals surface area contributed by atoms with Gasteiger partial charge in [-0.2, -0.15) is 5.26 Å². The monoisotopic (exact) mass is 204 g/mol. The standard InChI is InChI=1S/C10H5ClN2O/c11-6-1-2-8-9(3-6)13-7(5-12)4-10(8)14/h1-4H,(H,13,14). The summed E-state index contributed by atoms with van der Waals surface area (Å²) in [4.78, 5) is 14.3. The minimum Gasteiger partial charge on any atom is -0.346 e. The summed E-state index contributed by atoms with van der Waals surface area (Å²) in [6, 6.07) is 8.06. The van der Waals surface area contributed by atoms with Crippen LogP contribution in [0.25, 0.3) is 10.9 Å². The lowest BCUT2D eigenvalue weighted by atomic mass is 10.2. The molecule has 0 amide bonds. The summed E-state index contributed by atoms with van der Waals surface area (Å²) in [5.74, 6) is 0. The molecule has 0 saturated carbocycles. The van der Waals surface area contributed by atoms with Gasteiger partial charge in [0.15, 0.2) is 5.43 Å². The molecule has 0 unspecified atom stereocenters. The molecule has 3 nitrogen and oxygen atoms in total. The number of nitriles is 1. The smallest absolute Gasteiger partial charge is 0.190 e. The highest BCUT2D eigenvalue weighted by molar-refractivity contribution is 6.31. The van der Waals surface area contributed by atoms with Gasteiger partial charge in [0.2, 0.25) is 0 Å². The molecule has 1 aromatic carbocycles. The average molecular weight is 205 g/mol. The van der Waals surface area contributed by atoms with Crippen LogP contribution in [0.5, 0.6) is 0 Å². The van der Waals surface area contributed by atoms with Crippen LogP contribution in [0.2, 0.25) is 5.02 Å². The fourth-order valence-corrected chi connectivity index (χ4v) is 1.46. The number of benzene rings is 1. The van der Waals surface area contributed by atoms with Crippen molar-refractivity contribution in [2.45, 2.75) is 0 Å². The van der Waals surface area contributed by atoms with Crippen LogP contribution < -0.4 is 5.43 Å². The lowest BCUT2D eigenvalue weighted by Crippen LogP contribution is -2.02. The zero-order chi connectivity index (χ0) is 10.1. The zero-order valence-electron chi connectivity index (χ0n) is 7.04. The van der Waals surface area contributed by atoms with Crippen LogP contribution >= 0.6 is 11.6 Å².